The second-order valence-electron chi connectivity index (χ2n) is 8.37. The number of nitrogens with one attached hydrogen (secondary N) is 1. The molecule has 10 nitrogen and oxygen atoms in total. The molecule has 0 fully saturated rings. The summed E-state index contributed by atoms with van der Waals surface area (Å²) in [7, 11) is -5.17. The normalized spacial score (nSPS) is 11.8. The predicted octanol–water partition coefficient (Wildman–Crippen LogP) is -3.03. The zero-order chi connectivity index (χ0) is 25.5. The van der Waals surface area contributed by atoms with Crippen LogP contribution in [0.3, 0.4) is 0 Å². The molecular formula is C23H44NNa2O9P. The third-order valence-electron chi connectivity index (χ3n) is 5.01. The van der Waals surface area contributed by atoms with Gasteiger partial charge in [0.2, 0.25) is 5.91 Å². The van der Waals surface area contributed by atoms with Crippen LogP contribution in [0.2, 0.25) is 0 Å². The van der Waals surface area contributed by atoms with E-state index in [1.165, 1.54) is 26.2 Å². The standard InChI is InChI=1S/C23H46NO9P.2Na/c1-3-4-5-6-7-9-12-15-23(26)33-22(19-32-34(27,28)29)18-31-20-30-17-14-11-8-10-13-16-24-21(2)25;;/h22H,3-20H2,1-2H3,(H,24,25)(H2,27,28,29);;/q;2*+1/p-2/t22-;;/m0../s1. The quantitative estimate of drug-likeness (QED) is 0.0432. The van der Waals surface area contributed by atoms with Crippen molar-refractivity contribution in [2.45, 2.75) is 103 Å². The van der Waals surface area contributed by atoms with Crippen LogP contribution in [-0.2, 0) is 32.9 Å². The van der Waals surface area contributed by atoms with Gasteiger partial charge in [-0.05, 0) is 19.3 Å². The Hall–Kier alpha value is 0.970. The minimum atomic E-state index is -5.17. The third-order valence-corrected chi connectivity index (χ3v) is 5.48. The zero-order valence-corrected chi connectivity index (χ0v) is 27.8. The molecule has 0 spiro atoms. The molecule has 0 saturated carbocycles. The maximum absolute atomic E-state index is 12.0. The molecule has 0 aromatic heterocycles. The van der Waals surface area contributed by atoms with Gasteiger partial charge in [0, 0.05) is 26.5 Å². The van der Waals surface area contributed by atoms with E-state index in [-0.39, 0.29) is 84.8 Å². The SMILES string of the molecule is CCCCCCCCCC(=O)O[C@@H](COCOCCCCCCCNC(C)=O)COP(=O)([O-])[O-].[Na+].[Na+]. The number of phosphoric ester groups is 1. The van der Waals surface area contributed by atoms with Gasteiger partial charge in [0.05, 0.1) is 21.0 Å². The summed E-state index contributed by atoms with van der Waals surface area (Å²) in [6.45, 7) is 4.11. The zero-order valence-electron chi connectivity index (χ0n) is 22.9. The minimum Gasteiger partial charge on any atom is -0.790 e. The summed E-state index contributed by atoms with van der Waals surface area (Å²) in [6, 6.07) is 0. The van der Waals surface area contributed by atoms with Gasteiger partial charge in [0.25, 0.3) is 0 Å². The maximum Gasteiger partial charge on any atom is 1.00 e. The summed E-state index contributed by atoms with van der Waals surface area (Å²) in [5, 5.41) is 2.76. The summed E-state index contributed by atoms with van der Waals surface area (Å²) in [4.78, 5) is 44.3. The molecule has 0 unspecified atom stereocenters. The first kappa shape index (κ1) is 41.5. The Balaban J connectivity index is -0.00000544. The molecule has 0 aliphatic rings. The van der Waals surface area contributed by atoms with Crippen LogP contribution in [0, 0.1) is 0 Å². The molecule has 202 valence electrons. The fourth-order valence-corrected chi connectivity index (χ4v) is 3.53. The van der Waals surface area contributed by atoms with Crippen molar-refractivity contribution in [2.75, 3.05) is 33.2 Å². The van der Waals surface area contributed by atoms with E-state index in [2.05, 4.69) is 16.8 Å². The molecule has 0 rings (SSSR count). The Bertz CT molecular complexity index is 568. The molecule has 1 atom stereocenters. The summed E-state index contributed by atoms with van der Waals surface area (Å²) in [5.41, 5.74) is 0. The van der Waals surface area contributed by atoms with Crippen molar-refractivity contribution in [1.82, 2.24) is 5.32 Å². The number of hydrogen-bond acceptors (Lipinski definition) is 9. The van der Waals surface area contributed by atoms with Crippen LogP contribution in [0.4, 0.5) is 0 Å². The van der Waals surface area contributed by atoms with E-state index < -0.39 is 26.5 Å². The van der Waals surface area contributed by atoms with Crippen molar-refractivity contribution in [3.63, 3.8) is 0 Å². The van der Waals surface area contributed by atoms with Gasteiger partial charge in [0.15, 0.2) is 0 Å². The number of carbonyl (C=O) groups excluding carboxylic acids is 2. The molecule has 0 aliphatic carbocycles. The van der Waals surface area contributed by atoms with Gasteiger partial charge < -0.3 is 38.4 Å². The first-order chi connectivity index (χ1) is 16.2. The van der Waals surface area contributed by atoms with Crippen molar-refractivity contribution in [3.8, 4) is 0 Å². The number of esters is 1. The van der Waals surface area contributed by atoms with Crippen LogP contribution in [0.25, 0.3) is 0 Å². The number of hydrogen-bond donors (Lipinski definition) is 1. The monoisotopic (exact) mass is 555 g/mol. The van der Waals surface area contributed by atoms with Gasteiger partial charge >= 0.3 is 65.1 Å². The summed E-state index contributed by atoms with van der Waals surface area (Å²) < 4.78 is 30.9. The number of amides is 1. The van der Waals surface area contributed by atoms with E-state index in [1.807, 2.05) is 0 Å². The molecule has 0 aromatic rings. The molecular weight excluding hydrogens is 511 g/mol. The van der Waals surface area contributed by atoms with Crippen molar-refractivity contribution >= 4 is 19.7 Å². The second-order valence-corrected chi connectivity index (χ2v) is 9.53. The van der Waals surface area contributed by atoms with Crippen molar-refractivity contribution in [2.24, 2.45) is 0 Å². The fourth-order valence-electron chi connectivity index (χ4n) is 3.18. The molecule has 0 aromatic carbocycles. The Morgan fingerprint density at radius 2 is 1.42 bits per heavy atom. The van der Waals surface area contributed by atoms with Crippen LogP contribution < -0.4 is 74.2 Å². The smallest absolute Gasteiger partial charge is 0.790 e. The van der Waals surface area contributed by atoms with Crippen molar-refractivity contribution in [3.05, 3.63) is 0 Å². The molecule has 0 radical (unpaired) electrons. The van der Waals surface area contributed by atoms with Gasteiger partial charge in [-0.2, -0.15) is 0 Å². The Kier molecular flexibility index (Phi) is 33.4. The predicted molar refractivity (Wildman–Crippen MR) is 125 cm³/mol. The van der Waals surface area contributed by atoms with Gasteiger partial charge in [-0.25, -0.2) is 0 Å². The molecule has 0 bridgehead atoms. The average molecular weight is 556 g/mol. The molecule has 36 heavy (non-hydrogen) atoms. The number of unbranched alkanes of at least 4 members (excludes halogenated alkanes) is 10. The number of carbonyl (C=O) groups is 2. The molecule has 0 aliphatic heterocycles. The molecule has 1 N–H and O–H groups in total. The van der Waals surface area contributed by atoms with Crippen LogP contribution in [0.5, 0.6) is 0 Å². The molecule has 13 heteroatoms. The summed E-state index contributed by atoms with van der Waals surface area (Å²) >= 11 is 0. The number of ether oxygens (including phenoxy) is 3. The number of rotatable bonds is 24. The van der Waals surface area contributed by atoms with Crippen molar-refractivity contribution < 1.29 is 102 Å². The van der Waals surface area contributed by atoms with Gasteiger partial charge in [-0.15, -0.1) is 0 Å². The van der Waals surface area contributed by atoms with Crippen LogP contribution >= 0.6 is 7.82 Å². The summed E-state index contributed by atoms with van der Waals surface area (Å²) in [5.74, 6) is -0.489. The van der Waals surface area contributed by atoms with E-state index in [9.17, 15) is 23.9 Å². The Morgan fingerprint density at radius 3 is 2.03 bits per heavy atom. The van der Waals surface area contributed by atoms with Crippen LogP contribution in [0.1, 0.15) is 97.3 Å². The first-order valence-corrected chi connectivity index (χ1v) is 14.0. The maximum atomic E-state index is 12.0. The average Bonchev–Trinajstić information content (AvgIpc) is 2.76. The Morgan fingerprint density at radius 1 is 0.833 bits per heavy atom. The fraction of sp³-hybridized carbons (Fsp3) is 0.913. The second kappa shape index (κ2) is 29.0. The van der Waals surface area contributed by atoms with Gasteiger partial charge in [-0.3, -0.25) is 9.59 Å². The topological polar surface area (TPSA) is 146 Å². The van der Waals surface area contributed by atoms with E-state index in [0.717, 1.165) is 51.4 Å². The molecule has 0 saturated heterocycles. The van der Waals surface area contributed by atoms with Gasteiger partial charge in [-0.1, -0.05) is 64.7 Å². The largest absolute Gasteiger partial charge is 1.00 e. The van der Waals surface area contributed by atoms with E-state index in [1.54, 1.807) is 0 Å². The number of phosphoric acid groups is 1. The first-order valence-electron chi connectivity index (χ1n) is 12.5. The van der Waals surface area contributed by atoms with Crippen LogP contribution in [-0.4, -0.2) is 51.1 Å². The van der Waals surface area contributed by atoms with E-state index in [0.29, 0.717) is 19.6 Å². The molecule has 1 amide bonds. The van der Waals surface area contributed by atoms with Gasteiger partial charge in [0.1, 0.15) is 12.9 Å². The molecule has 0 heterocycles. The van der Waals surface area contributed by atoms with Crippen LogP contribution in [0.15, 0.2) is 0 Å². The van der Waals surface area contributed by atoms with E-state index in [4.69, 9.17) is 14.2 Å². The Labute approximate surface area is 261 Å². The van der Waals surface area contributed by atoms with E-state index >= 15 is 0 Å². The minimum absolute atomic E-state index is 0. The van der Waals surface area contributed by atoms with Crippen molar-refractivity contribution in [1.29, 1.82) is 0 Å². The summed E-state index contributed by atoms with van der Waals surface area (Å²) in [6.07, 6.45) is 11.5. The third kappa shape index (κ3) is 33.0.